The smallest absolute Gasteiger partial charge is 0.257 e. The van der Waals surface area contributed by atoms with Gasteiger partial charge in [-0.05, 0) is 24.1 Å². The number of nitrogens with zero attached hydrogens (tertiary/aromatic N) is 5. The van der Waals surface area contributed by atoms with Gasteiger partial charge in [-0.2, -0.15) is 10.2 Å². The van der Waals surface area contributed by atoms with Gasteiger partial charge < -0.3 is 4.90 Å². The van der Waals surface area contributed by atoms with E-state index >= 15 is 0 Å². The molecule has 0 saturated heterocycles. The van der Waals surface area contributed by atoms with Gasteiger partial charge in [-0.25, -0.2) is 4.68 Å². The summed E-state index contributed by atoms with van der Waals surface area (Å²) in [6.07, 6.45) is 5.31. The normalized spacial score (nSPS) is 11.2. The van der Waals surface area contributed by atoms with E-state index in [-0.39, 0.29) is 11.8 Å². The molecule has 0 radical (unpaired) electrons. The highest BCUT2D eigenvalue weighted by Gasteiger charge is 2.23. The summed E-state index contributed by atoms with van der Waals surface area (Å²) in [5.74, 6) is 0.0630. The molecule has 3 rings (SSSR count). The molecule has 0 spiro atoms. The first-order valence-electron chi connectivity index (χ1n) is 8.43. The van der Waals surface area contributed by atoms with Crippen molar-refractivity contribution in [2.45, 2.75) is 26.3 Å². The molecule has 0 bridgehead atoms. The maximum atomic E-state index is 13.0. The molecular weight excluding hydrogens is 350 g/mol. The van der Waals surface area contributed by atoms with E-state index in [0.717, 1.165) is 16.9 Å². The van der Waals surface area contributed by atoms with Crippen LogP contribution in [0.15, 0.2) is 42.9 Å². The molecule has 0 atom stereocenters. The van der Waals surface area contributed by atoms with E-state index in [4.69, 9.17) is 11.6 Å². The van der Waals surface area contributed by atoms with E-state index in [9.17, 15) is 4.79 Å². The summed E-state index contributed by atoms with van der Waals surface area (Å²) in [4.78, 5) is 14.7. The Kier molecular flexibility index (Phi) is 5.13. The van der Waals surface area contributed by atoms with Gasteiger partial charge in [-0.3, -0.25) is 9.48 Å². The summed E-state index contributed by atoms with van der Waals surface area (Å²) in [6, 6.07) is 7.46. The molecule has 136 valence electrons. The average molecular weight is 372 g/mol. The molecular formula is C19H22ClN5O. The lowest BCUT2D eigenvalue weighted by molar-refractivity contribution is 0.0783. The number of benzene rings is 1. The molecule has 7 heteroatoms. The van der Waals surface area contributed by atoms with Crippen LogP contribution in [-0.4, -0.2) is 37.4 Å². The molecule has 0 aliphatic heterocycles. The van der Waals surface area contributed by atoms with Crippen molar-refractivity contribution in [2.75, 3.05) is 7.05 Å². The van der Waals surface area contributed by atoms with Gasteiger partial charge in [-0.1, -0.05) is 31.5 Å². The molecule has 1 amide bonds. The van der Waals surface area contributed by atoms with Crippen molar-refractivity contribution < 1.29 is 4.79 Å². The van der Waals surface area contributed by atoms with Crippen LogP contribution in [-0.2, 0) is 13.6 Å². The highest BCUT2D eigenvalue weighted by atomic mass is 35.5. The first-order valence-corrected chi connectivity index (χ1v) is 8.81. The number of hydrogen-bond donors (Lipinski definition) is 0. The van der Waals surface area contributed by atoms with Gasteiger partial charge in [0.1, 0.15) is 0 Å². The second-order valence-corrected chi connectivity index (χ2v) is 7.11. The van der Waals surface area contributed by atoms with E-state index in [1.807, 2.05) is 37.5 Å². The third-order valence-electron chi connectivity index (χ3n) is 4.16. The van der Waals surface area contributed by atoms with Crippen molar-refractivity contribution in [1.82, 2.24) is 24.5 Å². The number of aryl methyl sites for hydroxylation is 1. The summed E-state index contributed by atoms with van der Waals surface area (Å²) < 4.78 is 3.52. The molecule has 0 aliphatic rings. The number of hydrogen-bond acceptors (Lipinski definition) is 3. The molecule has 2 aromatic heterocycles. The van der Waals surface area contributed by atoms with Crippen molar-refractivity contribution in [3.8, 4) is 5.69 Å². The third kappa shape index (κ3) is 3.65. The fraction of sp³-hybridized carbons (Fsp3) is 0.316. The van der Waals surface area contributed by atoms with E-state index in [0.29, 0.717) is 17.1 Å². The van der Waals surface area contributed by atoms with Crippen molar-refractivity contribution in [3.05, 3.63) is 64.7 Å². The predicted molar refractivity (Wildman–Crippen MR) is 102 cm³/mol. The molecule has 0 saturated carbocycles. The zero-order valence-electron chi connectivity index (χ0n) is 15.3. The second kappa shape index (κ2) is 7.33. The van der Waals surface area contributed by atoms with Gasteiger partial charge in [0.15, 0.2) is 0 Å². The van der Waals surface area contributed by atoms with Crippen LogP contribution in [0.3, 0.4) is 0 Å². The molecule has 0 fully saturated rings. The van der Waals surface area contributed by atoms with E-state index in [1.54, 1.807) is 33.7 Å². The molecule has 1 aromatic carbocycles. The molecule has 3 aromatic rings. The Morgan fingerprint density at radius 1 is 1.27 bits per heavy atom. The van der Waals surface area contributed by atoms with Gasteiger partial charge in [-0.15, -0.1) is 0 Å². The zero-order chi connectivity index (χ0) is 18.8. The van der Waals surface area contributed by atoms with Crippen molar-refractivity contribution in [3.63, 3.8) is 0 Å². The van der Waals surface area contributed by atoms with Crippen LogP contribution in [0.25, 0.3) is 5.69 Å². The van der Waals surface area contributed by atoms with Crippen LogP contribution < -0.4 is 0 Å². The topological polar surface area (TPSA) is 56.0 Å². The van der Waals surface area contributed by atoms with Crippen LogP contribution in [0, 0.1) is 0 Å². The minimum atomic E-state index is -0.0640. The summed E-state index contributed by atoms with van der Waals surface area (Å²) in [5.41, 5.74) is 3.30. The molecule has 6 nitrogen and oxygen atoms in total. The highest BCUT2D eigenvalue weighted by molar-refractivity contribution is 6.30. The van der Waals surface area contributed by atoms with Crippen LogP contribution in [0.5, 0.6) is 0 Å². The van der Waals surface area contributed by atoms with Gasteiger partial charge in [0.05, 0.1) is 29.3 Å². The molecule has 0 N–H and O–H groups in total. The maximum absolute atomic E-state index is 13.0. The first-order chi connectivity index (χ1) is 12.4. The average Bonchev–Trinajstić information content (AvgIpc) is 3.20. The minimum absolute atomic E-state index is 0.0640. The summed E-state index contributed by atoms with van der Waals surface area (Å²) in [7, 11) is 3.65. The van der Waals surface area contributed by atoms with E-state index < -0.39 is 0 Å². The SMILES string of the molecule is CC(C)c1c(C(=O)N(C)Cc2cnn(C)c2)cnn1-c1cccc(Cl)c1. The van der Waals surface area contributed by atoms with Crippen molar-refractivity contribution in [1.29, 1.82) is 0 Å². The molecule has 2 heterocycles. The van der Waals surface area contributed by atoms with Crippen LogP contribution in [0.4, 0.5) is 0 Å². The molecule has 26 heavy (non-hydrogen) atoms. The van der Waals surface area contributed by atoms with Crippen molar-refractivity contribution >= 4 is 17.5 Å². The van der Waals surface area contributed by atoms with Crippen LogP contribution in [0.2, 0.25) is 5.02 Å². The largest absolute Gasteiger partial charge is 0.337 e. The molecule has 0 aliphatic carbocycles. The van der Waals surface area contributed by atoms with Gasteiger partial charge >= 0.3 is 0 Å². The monoisotopic (exact) mass is 371 g/mol. The summed E-state index contributed by atoms with van der Waals surface area (Å²) in [6.45, 7) is 4.60. The molecule has 0 unspecified atom stereocenters. The number of aromatic nitrogens is 4. The van der Waals surface area contributed by atoms with Gasteiger partial charge in [0.25, 0.3) is 5.91 Å². The van der Waals surface area contributed by atoms with Crippen LogP contribution >= 0.6 is 11.6 Å². The summed E-state index contributed by atoms with van der Waals surface area (Å²) in [5, 5.41) is 9.24. The van der Waals surface area contributed by atoms with E-state index in [2.05, 4.69) is 24.0 Å². The van der Waals surface area contributed by atoms with Crippen molar-refractivity contribution in [2.24, 2.45) is 7.05 Å². The quantitative estimate of drug-likeness (QED) is 0.687. The maximum Gasteiger partial charge on any atom is 0.257 e. The number of amides is 1. The van der Waals surface area contributed by atoms with E-state index in [1.165, 1.54) is 0 Å². The van der Waals surface area contributed by atoms with Gasteiger partial charge in [0, 0.05) is 37.4 Å². The zero-order valence-corrected chi connectivity index (χ0v) is 16.1. The number of rotatable bonds is 5. The lowest BCUT2D eigenvalue weighted by atomic mass is 10.0. The lowest BCUT2D eigenvalue weighted by Gasteiger charge is -2.18. The Balaban J connectivity index is 1.93. The number of carbonyl (C=O) groups excluding carboxylic acids is 1. The minimum Gasteiger partial charge on any atom is -0.337 e. The van der Waals surface area contributed by atoms with Gasteiger partial charge in [0.2, 0.25) is 0 Å². The Morgan fingerprint density at radius 3 is 2.65 bits per heavy atom. The Labute approximate surface area is 158 Å². The standard InChI is InChI=1S/C19H22ClN5O/c1-13(2)18-17(10-22-25(18)16-7-5-6-15(20)8-16)19(26)23(3)11-14-9-21-24(4)12-14/h5-10,12-13H,11H2,1-4H3. The Hall–Kier alpha value is -2.60. The Morgan fingerprint density at radius 2 is 2.04 bits per heavy atom. The number of carbonyl (C=O) groups is 1. The highest BCUT2D eigenvalue weighted by Crippen LogP contribution is 2.25. The number of halogens is 1. The fourth-order valence-corrected chi connectivity index (χ4v) is 3.18. The lowest BCUT2D eigenvalue weighted by Crippen LogP contribution is -2.27. The predicted octanol–water partition coefficient (Wildman–Crippen LogP) is 3.65. The second-order valence-electron chi connectivity index (χ2n) is 6.67. The third-order valence-corrected chi connectivity index (χ3v) is 4.40. The Bertz CT molecular complexity index is 928. The summed E-state index contributed by atoms with van der Waals surface area (Å²) >= 11 is 6.11. The first kappa shape index (κ1) is 18.2. The fourth-order valence-electron chi connectivity index (χ4n) is 3.00. The van der Waals surface area contributed by atoms with Crippen LogP contribution in [0.1, 0.15) is 41.4 Å².